The van der Waals surface area contributed by atoms with Gasteiger partial charge in [0.1, 0.15) is 6.42 Å². The Morgan fingerprint density at radius 3 is 2.32 bits per heavy atom. The summed E-state index contributed by atoms with van der Waals surface area (Å²) in [5, 5.41) is 3.10. The Kier molecular flexibility index (Phi) is 5.55. The highest BCUT2D eigenvalue weighted by molar-refractivity contribution is 6.33. The smallest absolute Gasteiger partial charge is 0.236 e. The van der Waals surface area contributed by atoms with Crippen molar-refractivity contribution < 1.29 is 9.59 Å². The van der Waals surface area contributed by atoms with Gasteiger partial charge in [-0.1, -0.05) is 41.9 Å². The number of benzene rings is 2. The average Bonchev–Trinajstić information content (AvgIpc) is 2.51. The minimum absolute atomic E-state index is 0.228. The van der Waals surface area contributed by atoms with Gasteiger partial charge in [-0.25, -0.2) is 0 Å². The van der Waals surface area contributed by atoms with Crippen molar-refractivity contribution in [3.8, 4) is 0 Å². The number of anilines is 2. The van der Waals surface area contributed by atoms with Gasteiger partial charge in [-0.05, 0) is 31.2 Å². The number of carbonyl (C=O) groups excluding carboxylic acids is 2. The standard InChI is InChI=1S/C17H17ClN2O2/c1-2-20(13-8-4-3-5-9-13)17(22)12-16(21)19-15-11-7-6-10-14(15)18/h3-11H,2,12H2,1H3,(H,19,21). The molecule has 0 saturated carbocycles. The topological polar surface area (TPSA) is 49.4 Å². The monoisotopic (exact) mass is 316 g/mol. The Hall–Kier alpha value is -2.33. The molecule has 0 aromatic heterocycles. The molecular formula is C17H17ClN2O2. The maximum absolute atomic E-state index is 12.3. The summed E-state index contributed by atoms with van der Waals surface area (Å²) in [4.78, 5) is 25.9. The highest BCUT2D eigenvalue weighted by Crippen LogP contribution is 2.21. The molecule has 0 aliphatic rings. The normalized spacial score (nSPS) is 10.1. The molecule has 5 heteroatoms. The van der Waals surface area contributed by atoms with Gasteiger partial charge < -0.3 is 10.2 Å². The Labute approximate surface area is 134 Å². The minimum atomic E-state index is -0.382. The second-order valence-electron chi connectivity index (χ2n) is 4.68. The summed E-state index contributed by atoms with van der Waals surface area (Å²) in [5.74, 6) is -0.634. The fourth-order valence-corrected chi connectivity index (χ4v) is 2.28. The number of carbonyl (C=O) groups is 2. The third-order valence-corrected chi connectivity index (χ3v) is 3.47. The third kappa shape index (κ3) is 4.09. The van der Waals surface area contributed by atoms with Crippen LogP contribution >= 0.6 is 11.6 Å². The summed E-state index contributed by atoms with van der Waals surface area (Å²) in [6.07, 6.45) is -0.228. The van der Waals surface area contributed by atoms with Crippen molar-refractivity contribution in [2.45, 2.75) is 13.3 Å². The SMILES string of the molecule is CCN(C(=O)CC(=O)Nc1ccccc1Cl)c1ccccc1. The Morgan fingerprint density at radius 1 is 1.05 bits per heavy atom. The predicted molar refractivity (Wildman–Crippen MR) is 89.2 cm³/mol. The maximum Gasteiger partial charge on any atom is 0.236 e. The van der Waals surface area contributed by atoms with Gasteiger partial charge in [0.25, 0.3) is 0 Å². The summed E-state index contributed by atoms with van der Waals surface area (Å²) < 4.78 is 0. The molecule has 0 saturated heterocycles. The first-order valence-electron chi connectivity index (χ1n) is 7.01. The van der Waals surface area contributed by atoms with Crippen molar-refractivity contribution in [2.24, 2.45) is 0 Å². The number of halogens is 1. The molecule has 0 aliphatic carbocycles. The van der Waals surface area contributed by atoms with Crippen LogP contribution in [0.25, 0.3) is 0 Å². The first-order valence-corrected chi connectivity index (χ1v) is 7.39. The second kappa shape index (κ2) is 7.61. The lowest BCUT2D eigenvalue weighted by atomic mass is 10.2. The van der Waals surface area contributed by atoms with E-state index >= 15 is 0 Å². The minimum Gasteiger partial charge on any atom is -0.324 e. The van der Waals surface area contributed by atoms with E-state index in [4.69, 9.17) is 11.6 Å². The lowest BCUT2D eigenvalue weighted by molar-refractivity contribution is -0.125. The predicted octanol–water partition coefficient (Wildman–Crippen LogP) is 3.72. The summed E-state index contributed by atoms with van der Waals surface area (Å²) in [7, 11) is 0. The van der Waals surface area contributed by atoms with Crippen molar-refractivity contribution >= 4 is 34.8 Å². The van der Waals surface area contributed by atoms with Crippen LogP contribution in [0.5, 0.6) is 0 Å². The number of nitrogens with zero attached hydrogens (tertiary/aromatic N) is 1. The van der Waals surface area contributed by atoms with E-state index in [1.807, 2.05) is 37.3 Å². The maximum atomic E-state index is 12.3. The number of hydrogen-bond acceptors (Lipinski definition) is 2. The van der Waals surface area contributed by atoms with Crippen LogP contribution < -0.4 is 10.2 Å². The molecule has 2 aromatic rings. The largest absolute Gasteiger partial charge is 0.324 e. The van der Waals surface area contributed by atoms with Gasteiger partial charge in [0.15, 0.2) is 0 Å². The quantitative estimate of drug-likeness (QED) is 0.855. The van der Waals surface area contributed by atoms with Gasteiger partial charge in [-0.2, -0.15) is 0 Å². The molecule has 0 fully saturated rings. The van der Waals surface area contributed by atoms with Crippen molar-refractivity contribution in [2.75, 3.05) is 16.8 Å². The molecule has 2 rings (SSSR count). The van der Waals surface area contributed by atoms with E-state index in [0.717, 1.165) is 5.69 Å². The molecule has 2 aromatic carbocycles. The first-order chi connectivity index (χ1) is 10.6. The van der Waals surface area contributed by atoms with E-state index in [1.165, 1.54) is 0 Å². The molecule has 4 nitrogen and oxygen atoms in total. The van der Waals surface area contributed by atoms with Gasteiger partial charge in [0.05, 0.1) is 10.7 Å². The van der Waals surface area contributed by atoms with Crippen molar-refractivity contribution in [1.82, 2.24) is 0 Å². The number of rotatable bonds is 5. The van der Waals surface area contributed by atoms with Crippen LogP contribution in [0.4, 0.5) is 11.4 Å². The molecule has 0 heterocycles. The molecule has 0 aliphatic heterocycles. The zero-order valence-corrected chi connectivity index (χ0v) is 13.0. The molecule has 2 amide bonds. The fraction of sp³-hybridized carbons (Fsp3) is 0.176. The lowest BCUT2D eigenvalue weighted by Crippen LogP contribution is -2.33. The Bertz CT molecular complexity index is 659. The van der Waals surface area contributed by atoms with E-state index in [9.17, 15) is 9.59 Å². The van der Waals surface area contributed by atoms with Gasteiger partial charge in [-0.15, -0.1) is 0 Å². The zero-order chi connectivity index (χ0) is 15.9. The Morgan fingerprint density at radius 2 is 1.68 bits per heavy atom. The summed E-state index contributed by atoms with van der Waals surface area (Å²) in [6, 6.07) is 16.2. The summed E-state index contributed by atoms with van der Waals surface area (Å²) in [6.45, 7) is 2.37. The number of hydrogen-bond donors (Lipinski definition) is 1. The van der Waals surface area contributed by atoms with Crippen LogP contribution in [-0.2, 0) is 9.59 Å². The van der Waals surface area contributed by atoms with E-state index < -0.39 is 0 Å². The molecular weight excluding hydrogens is 300 g/mol. The van der Waals surface area contributed by atoms with E-state index in [-0.39, 0.29) is 18.2 Å². The van der Waals surface area contributed by atoms with Crippen LogP contribution in [0, 0.1) is 0 Å². The van der Waals surface area contributed by atoms with Gasteiger partial charge in [0, 0.05) is 12.2 Å². The molecule has 114 valence electrons. The van der Waals surface area contributed by atoms with Crippen molar-refractivity contribution in [1.29, 1.82) is 0 Å². The van der Waals surface area contributed by atoms with E-state index in [0.29, 0.717) is 17.3 Å². The highest BCUT2D eigenvalue weighted by Gasteiger charge is 2.17. The molecule has 1 N–H and O–H groups in total. The molecule has 0 unspecified atom stereocenters. The van der Waals surface area contributed by atoms with Gasteiger partial charge >= 0.3 is 0 Å². The van der Waals surface area contributed by atoms with E-state index in [1.54, 1.807) is 29.2 Å². The summed E-state index contributed by atoms with van der Waals surface area (Å²) in [5.41, 5.74) is 1.28. The zero-order valence-electron chi connectivity index (χ0n) is 12.3. The second-order valence-corrected chi connectivity index (χ2v) is 5.09. The molecule has 0 bridgehead atoms. The number of para-hydroxylation sites is 2. The number of amides is 2. The van der Waals surface area contributed by atoms with Gasteiger partial charge in [0.2, 0.25) is 11.8 Å². The van der Waals surface area contributed by atoms with Crippen LogP contribution in [-0.4, -0.2) is 18.4 Å². The van der Waals surface area contributed by atoms with Crippen LogP contribution in [0.15, 0.2) is 54.6 Å². The van der Waals surface area contributed by atoms with Crippen LogP contribution in [0.2, 0.25) is 5.02 Å². The van der Waals surface area contributed by atoms with Crippen molar-refractivity contribution in [3.05, 3.63) is 59.6 Å². The highest BCUT2D eigenvalue weighted by atomic mass is 35.5. The first kappa shape index (κ1) is 16.0. The lowest BCUT2D eigenvalue weighted by Gasteiger charge is -2.20. The fourth-order valence-electron chi connectivity index (χ4n) is 2.10. The Balaban J connectivity index is 2.01. The third-order valence-electron chi connectivity index (χ3n) is 3.14. The molecule has 0 atom stereocenters. The van der Waals surface area contributed by atoms with Gasteiger partial charge in [-0.3, -0.25) is 9.59 Å². The van der Waals surface area contributed by atoms with Crippen molar-refractivity contribution in [3.63, 3.8) is 0 Å². The van der Waals surface area contributed by atoms with Crippen LogP contribution in [0.3, 0.4) is 0 Å². The molecule has 0 radical (unpaired) electrons. The summed E-state index contributed by atoms with van der Waals surface area (Å²) >= 11 is 5.98. The van der Waals surface area contributed by atoms with Crippen LogP contribution in [0.1, 0.15) is 13.3 Å². The molecule has 22 heavy (non-hydrogen) atoms. The molecule has 0 spiro atoms. The van der Waals surface area contributed by atoms with E-state index in [2.05, 4.69) is 5.32 Å². The number of nitrogens with one attached hydrogen (secondary N) is 1. The average molecular weight is 317 g/mol.